The maximum absolute atomic E-state index is 12.6. The summed E-state index contributed by atoms with van der Waals surface area (Å²) < 4.78 is 1.95. The van der Waals surface area contributed by atoms with Crippen molar-refractivity contribution in [2.75, 3.05) is 26.2 Å². The highest BCUT2D eigenvalue weighted by molar-refractivity contribution is 5.80. The fraction of sp³-hybridized carbons (Fsp3) is 0.529. The summed E-state index contributed by atoms with van der Waals surface area (Å²) in [4.78, 5) is 21.4. The van der Waals surface area contributed by atoms with Gasteiger partial charge >= 0.3 is 0 Å². The zero-order valence-corrected chi connectivity index (χ0v) is 13.4. The largest absolute Gasteiger partial charge is 0.340 e. The van der Waals surface area contributed by atoms with Crippen LogP contribution in [0.3, 0.4) is 0 Å². The van der Waals surface area contributed by atoms with E-state index < -0.39 is 0 Å². The van der Waals surface area contributed by atoms with Gasteiger partial charge in [0.1, 0.15) is 6.54 Å². The fourth-order valence-corrected chi connectivity index (χ4v) is 3.39. The Balaban J connectivity index is 1.66. The summed E-state index contributed by atoms with van der Waals surface area (Å²) in [6, 6.07) is 8.45. The van der Waals surface area contributed by atoms with Gasteiger partial charge in [0.25, 0.3) is 0 Å². The number of aromatic nitrogens is 2. The van der Waals surface area contributed by atoms with Gasteiger partial charge < -0.3 is 9.47 Å². The average Bonchev–Trinajstić information content (AvgIpc) is 3.17. The molecule has 0 radical (unpaired) electrons. The van der Waals surface area contributed by atoms with Crippen LogP contribution >= 0.6 is 0 Å². The molecule has 1 aromatic heterocycles. The Labute approximate surface area is 131 Å². The van der Waals surface area contributed by atoms with E-state index in [1.807, 2.05) is 33.7 Å². The molecule has 0 bridgehead atoms. The van der Waals surface area contributed by atoms with Gasteiger partial charge in [-0.2, -0.15) is 0 Å². The van der Waals surface area contributed by atoms with Crippen LogP contribution in [-0.2, 0) is 11.3 Å². The molecule has 1 fully saturated rings. The molecule has 0 N–H and O–H groups in total. The van der Waals surface area contributed by atoms with E-state index in [0.717, 1.165) is 43.6 Å². The van der Waals surface area contributed by atoms with Gasteiger partial charge in [-0.1, -0.05) is 26.0 Å². The Morgan fingerprint density at radius 2 is 2.09 bits per heavy atom. The molecule has 1 unspecified atom stereocenters. The minimum atomic E-state index is 0.192. The molecule has 5 heteroatoms. The van der Waals surface area contributed by atoms with Crippen molar-refractivity contribution in [2.24, 2.45) is 0 Å². The van der Waals surface area contributed by atoms with E-state index in [1.165, 1.54) is 0 Å². The number of likely N-dealkylation sites (N-methyl/N-ethyl adjacent to an activating group) is 1. The molecule has 1 aromatic carbocycles. The van der Waals surface area contributed by atoms with Gasteiger partial charge in [0, 0.05) is 19.1 Å². The number of carbonyl (C=O) groups is 1. The van der Waals surface area contributed by atoms with Gasteiger partial charge in [0.15, 0.2) is 0 Å². The molecular formula is C17H24N4O. The average molecular weight is 300 g/mol. The van der Waals surface area contributed by atoms with Gasteiger partial charge in [0.2, 0.25) is 5.91 Å². The van der Waals surface area contributed by atoms with E-state index in [1.54, 1.807) is 6.33 Å². The molecule has 1 saturated heterocycles. The molecule has 5 nitrogen and oxygen atoms in total. The second kappa shape index (κ2) is 6.48. The highest BCUT2D eigenvalue weighted by atomic mass is 16.2. The number of hydrogen-bond donors (Lipinski definition) is 0. The lowest BCUT2D eigenvalue weighted by Gasteiger charge is -2.26. The monoisotopic (exact) mass is 300 g/mol. The van der Waals surface area contributed by atoms with Gasteiger partial charge in [-0.25, -0.2) is 4.98 Å². The predicted molar refractivity (Wildman–Crippen MR) is 87.6 cm³/mol. The quantitative estimate of drug-likeness (QED) is 0.848. The van der Waals surface area contributed by atoms with E-state index in [9.17, 15) is 4.79 Å². The van der Waals surface area contributed by atoms with Crippen molar-refractivity contribution in [1.29, 1.82) is 0 Å². The van der Waals surface area contributed by atoms with Crippen LogP contribution < -0.4 is 0 Å². The van der Waals surface area contributed by atoms with Crippen LogP contribution in [0.15, 0.2) is 30.6 Å². The molecule has 118 valence electrons. The number of hydrogen-bond acceptors (Lipinski definition) is 3. The number of nitrogens with zero attached hydrogens (tertiary/aromatic N) is 4. The van der Waals surface area contributed by atoms with E-state index in [2.05, 4.69) is 23.7 Å². The molecule has 2 heterocycles. The van der Waals surface area contributed by atoms with E-state index in [-0.39, 0.29) is 5.91 Å². The third-order valence-corrected chi connectivity index (χ3v) is 4.68. The van der Waals surface area contributed by atoms with Crippen molar-refractivity contribution < 1.29 is 4.79 Å². The molecule has 1 aliphatic rings. The van der Waals surface area contributed by atoms with Crippen molar-refractivity contribution in [2.45, 2.75) is 32.9 Å². The molecular weight excluding hydrogens is 276 g/mol. The van der Waals surface area contributed by atoms with Gasteiger partial charge in [-0.05, 0) is 31.6 Å². The van der Waals surface area contributed by atoms with Gasteiger partial charge in [0.05, 0.1) is 17.4 Å². The second-order valence-corrected chi connectivity index (χ2v) is 5.86. The first kappa shape index (κ1) is 15.0. The summed E-state index contributed by atoms with van der Waals surface area (Å²) in [6.45, 7) is 8.58. The van der Waals surface area contributed by atoms with Crippen LogP contribution in [0, 0.1) is 0 Å². The lowest BCUT2D eigenvalue weighted by Crippen LogP contribution is -2.39. The van der Waals surface area contributed by atoms with Crippen LogP contribution in [0.4, 0.5) is 0 Å². The molecule has 0 spiro atoms. The Morgan fingerprint density at radius 1 is 1.32 bits per heavy atom. The summed E-state index contributed by atoms with van der Waals surface area (Å²) in [7, 11) is 0. The Hall–Kier alpha value is -1.88. The number of likely N-dealkylation sites (tertiary alicyclic amines) is 1. The summed E-state index contributed by atoms with van der Waals surface area (Å²) in [5.41, 5.74) is 1.97. The van der Waals surface area contributed by atoms with Crippen LogP contribution in [0.5, 0.6) is 0 Å². The number of amides is 1. The number of para-hydroxylation sites is 2. The molecule has 1 aliphatic heterocycles. The van der Waals surface area contributed by atoms with Crippen LogP contribution in [0.25, 0.3) is 11.0 Å². The second-order valence-electron chi connectivity index (χ2n) is 5.86. The first-order valence-electron chi connectivity index (χ1n) is 8.14. The minimum absolute atomic E-state index is 0.192. The van der Waals surface area contributed by atoms with Crippen molar-refractivity contribution in [3.05, 3.63) is 30.6 Å². The lowest BCUT2D eigenvalue weighted by atomic mass is 10.2. The first-order valence-corrected chi connectivity index (χ1v) is 8.14. The molecule has 2 aromatic rings. The SMILES string of the molecule is CCN(CC)C1CCN(C(=O)Cn2cnc3ccccc32)C1. The molecule has 1 atom stereocenters. The predicted octanol–water partition coefficient (Wildman–Crippen LogP) is 1.98. The lowest BCUT2D eigenvalue weighted by molar-refractivity contribution is -0.130. The summed E-state index contributed by atoms with van der Waals surface area (Å²) in [5, 5.41) is 0. The van der Waals surface area contributed by atoms with Crippen molar-refractivity contribution >= 4 is 16.9 Å². The van der Waals surface area contributed by atoms with Crippen molar-refractivity contribution in [3.8, 4) is 0 Å². The number of carbonyl (C=O) groups excluding carboxylic acids is 1. The third-order valence-electron chi connectivity index (χ3n) is 4.68. The maximum Gasteiger partial charge on any atom is 0.242 e. The van der Waals surface area contributed by atoms with Crippen molar-refractivity contribution in [1.82, 2.24) is 19.4 Å². The maximum atomic E-state index is 12.6. The Bertz CT molecular complexity index is 647. The summed E-state index contributed by atoms with van der Waals surface area (Å²) >= 11 is 0. The Kier molecular flexibility index (Phi) is 4.43. The first-order chi connectivity index (χ1) is 10.7. The van der Waals surface area contributed by atoms with Crippen LogP contribution in [-0.4, -0.2) is 57.5 Å². The topological polar surface area (TPSA) is 41.4 Å². The van der Waals surface area contributed by atoms with E-state index >= 15 is 0 Å². The van der Waals surface area contributed by atoms with Gasteiger partial charge in [-0.3, -0.25) is 9.69 Å². The summed E-state index contributed by atoms with van der Waals surface area (Å²) in [6.07, 6.45) is 2.85. The zero-order chi connectivity index (χ0) is 15.5. The molecule has 0 aliphatic carbocycles. The highest BCUT2D eigenvalue weighted by Crippen LogP contribution is 2.17. The van der Waals surface area contributed by atoms with Gasteiger partial charge in [-0.15, -0.1) is 0 Å². The standard InChI is InChI=1S/C17H24N4O/c1-3-19(4-2)14-9-10-20(11-14)17(22)12-21-13-18-15-7-5-6-8-16(15)21/h5-8,13-14H,3-4,9-12H2,1-2H3. The number of fused-ring (bicyclic) bond motifs is 1. The normalized spacial score (nSPS) is 18.5. The van der Waals surface area contributed by atoms with E-state index in [4.69, 9.17) is 0 Å². The molecule has 1 amide bonds. The zero-order valence-electron chi connectivity index (χ0n) is 13.4. The highest BCUT2D eigenvalue weighted by Gasteiger charge is 2.29. The Morgan fingerprint density at radius 3 is 2.86 bits per heavy atom. The fourth-order valence-electron chi connectivity index (χ4n) is 3.39. The molecule has 0 saturated carbocycles. The number of benzene rings is 1. The molecule has 22 heavy (non-hydrogen) atoms. The minimum Gasteiger partial charge on any atom is -0.340 e. The molecule has 3 rings (SSSR count). The number of imidazole rings is 1. The van der Waals surface area contributed by atoms with E-state index in [0.29, 0.717) is 12.6 Å². The number of rotatable bonds is 5. The summed E-state index contributed by atoms with van der Waals surface area (Å²) in [5.74, 6) is 0.192. The van der Waals surface area contributed by atoms with Crippen molar-refractivity contribution in [3.63, 3.8) is 0 Å². The van der Waals surface area contributed by atoms with Crippen LogP contribution in [0.1, 0.15) is 20.3 Å². The smallest absolute Gasteiger partial charge is 0.242 e. The van der Waals surface area contributed by atoms with Crippen LogP contribution in [0.2, 0.25) is 0 Å². The third kappa shape index (κ3) is 2.86.